The minimum Gasteiger partial charge on any atom is -0.481 e. The molecule has 0 bridgehead atoms. The predicted molar refractivity (Wildman–Crippen MR) is 87.2 cm³/mol. The number of hydrogen-bond donors (Lipinski definition) is 1. The third-order valence-electron chi connectivity index (χ3n) is 4.65. The number of piperidine rings is 1. The molecule has 1 amide bonds. The van der Waals surface area contributed by atoms with Crippen molar-refractivity contribution in [3.05, 3.63) is 41.7 Å². The van der Waals surface area contributed by atoms with Crippen LogP contribution in [0.5, 0.6) is 0 Å². The zero-order valence-electron chi connectivity index (χ0n) is 14.4. The Morgan fingerprint density at radius 3 is 2.70 bits per heavy atom. The van der Waals surface area contributed by atoms with E-state index < -0.39 is 29.0 Å². The monoisotopic (exact) mass is 382 g/mol. The van der Waals surface area contributed by atoms with E-state index in [0.29, 0.717) is 19.4 Å². The lowest BCUT2D eigenvalue weighted by atomic mass is 9.82. The number of amides is 1. The number of carbonyl (C=O) groups is 2. The van der Waals surface area contributed by atoms with E-state index in [1.807, 2.05) is 0 Å². The molecule has 0 spiro atoms. The van der Waals surface area contributed by atoms with Crippen molar-refractivity contribution < 1.29 is 27.9 Å². The fourth-order valence-corrected chi connectivity index (χ4v) is 3.06. The van der Waals surface area contributed by atoms with Crippen molar-refractivity contribution in [3.8, 4) is 5.69 Å². The van der Waals surface area contributed by atoms with E-state index in [1.54, 1.807) is 6.92 Å². The number of hydrogen-bond acceptors (Lipinski definition) is 4. The minimum absolute atomic E-state index is 0.0393. The van der Waals surface area contributed by atoms with Gasteiger partial charge >= 0.3 is 12.1 Å². The summed E-state index contributed by atoms with van der Waals surface area (Å²) in [6.45, 7) is 2.00. The number of likely N-dealkylation sites (tertiary alicyclic amines) is 1. The first-order valence-electron chi connectivity index (χ1n) is 8.23. The number of carboxylic acids is 1. The van der Waals surface area contributed by atoms with Gasteiger partial charge in [0.2, 0.25) is 0 Å². The highest BCUT2D eigenvalue weighted by Crippen LogP contribution is 2.31. The summed E-state index contributed by atoms with van der Waals surface area (Å²) in [5.41, 5.74) is -1.81. The van der Waals surface area contributed by atoms with E-state index in [9.17, 15) is 27.9 Å². The number of benzene rings is 1. The van der Waals surface area contributed by atoms with Gasteiger partial charge in [0, 0.05) is 13.1 Å². The maximum atomic E-state index is 12.8. The zero-order valence-corrected chi connectivity index (χ0v) is 14.4. The van der Waals surface area contributed by atoms with Gasteiger partial charge in [-0.3, -0.25) is 9.59 Å². The highest BCUT2D eigenvalue weighted by atomic mass is 19.4. The smallest absolute Gasteiger partial charge is 0.416 e. The Kier molecular flexibility index (Phi) is 4.66. The lowest BCUT2D eigenvalue weighted by molar-refractivity contribution is -0.150. The number of aromatic nitrogens is 3. The first kappa shape index (κ1) is 18.9. The second kappa shape index (κ2) is 6.67. The molecule has 0 saturated carbocycles. The summed E-state index contributed by atoms with van der Waals surface area (Å²) < 4.78 is 39.6. The van der Waals surface area contributed by atoms with Crippen molar-refractivity contribution >= 4 is 11.9 Å². The summed E-state index contributed by atoms with van der Waals surface area (Å²) in [5.74, 6) is -1.48. The fraction of sp³-hybridized carbons (Fsp3) is 0.412. The lowest BCUT2D eigenvalue weighted by Gasteiger charge is -2.37. The Hall–Kier alpha value is -2.91. The Labute approximate surface area is 152 Å². The van der Waals surface area contributed by atoms with Gasteiger partial charge in [-0.1, -0.05) is 11.3 Å². The van der Waals surface area contributed by atoms with Crippen LogP contribution in [-0.4, -0.2) is 50.0 Å². The van der Waals surface area contributed by atoms with Gasteiger partial charge in [0.1, 0.15) is 0 Å². The molecule has 1 atom stereocenters. The predicted octanol–water partition coefficient (Wildman–Crippen LogP) is 2.61. The normalized spacial score (nSPS) is 20.5. The molecule has 27 heavy (non-hydrogen) atoms. The molecular weight excluding hydrogens is 365 g/mol. The Morgan fingerprint density at radius 2 is 2.04 bits per heavy atom. The molecule has 3 rings (SSSR count). The number of rotatable bonds is 3. The van der Waals surface area contributed by atoms with Gasteiger partial charge < -0.3 is 10.0 Å². The second-order valence-electron chi connectivity index (χ2n) is 6.79. The van der Waals surface area contributed by atoms with Crippen LogP contribution >= 0.6 is 0 Å². The standard InChI is InChI=1S/C17H17F3N4O3/c1-16(15(26)27)6-3-7-23(10-16)14(25)13-9-24(22-21-13)12-5-2-4-11(8-12)17(18,19)20/h2,4-5,8-9H,3,6-7,10H2,1H3,(H,26,27). The van der Waals surface area contributed by atoms with Crippen LogP contribution in [0.4, 0.5) is 13.2 Å². The number of nitrogens with zero attached hydrogens (tertiary/aromatic N) is 4. The van der Waals surface area contributed by atoms with Crippen molar-refractivity contribution in [2.24, 2.45) is 5.41 Å². The van der Waals surface area contributed by atoms with Gasteiger partial charge in [-0.25, -0.2) is 4.68 Å². The van der Waals surface area contributed by atoms with Crippen LogP contribution in [0.1, 0.15) is 35.8 Å². The molecule has 1 aromatic carbocycles. The van der Waals surface area contributed by atoms with E-state index in [1.165, 1.54) is 23.2 Å². The second-order valence-corrected chi connectivity index (χ2v) is 6.79. The van der Waals surface area contributed by atoms with Crippen molar-refractivity contribution in [2.75, 3.05) is 13.1 Å². The Morgan fingerprint density at radius 1 is 1.30 bits per heavy atom. The van der Waals surface area contributed by atoms with Crippen LogP contribution in [0.3, 0.4) is 0 Å². The average Bonchev–Trinajstić information content (AvgIpc) is 3.10. The minimum atomic E-state index is -4.50. The van der Waals surface area contributed by atoms with E-state index in [-0.39, 0.29) is 17.9 Å². The molecular formula is C17H17F3N4O3. The van der Waals surface area contributed by atoms with Gasteiger partial charge in [-0.05, 0) is 38.0 Å². The van der Waals surface area contributed by atoms with Gasteiger partial charge in [0.05, 0.1) is 22.9 Å². The van der Waals surface area contributed by atoms with E-state index >= 15 is 0 Å². The first-order chi connectivity index (χ1) is 12.6. The van der Waals surface area contributed by atoms with Gasteiger partial charge in [-0.2, -0.15) is 13.2 Å². The third-order valence-corrected chi connectivity index (χ3v) is 4.65. The van der Waals surface area contributed by atoms with Crippen LogP contribution < -0.4 is 0 Å². The molecule has 7 nitrogen and oxygen atoms in total. The van der Waals surface area contributed by atoms with Crippen LogP contribution in [0.15, 0.2) is 30.5 Å². The Balaban J connectivity index is 1.82. The van der Waals surface area contributed by atoms with Crippen molar-refractivity contribution in [3.63, 3.8) is 0 Å². The molecule has 10 heteroatoms. The molecule has 1 saturated heterocycles. The third kappa shape index (κ3) is 3.79. The van der Waals surface area contributed by atoms with E-state index in [2.05, 4.69) is 10.3 Å². The molecule has 144 valence electrons. The van der Waals surface area contributed by atoms with Gasteiger partial charge in [0.25, 0.3) is 5.91 Å². The molecule has 1 unspecified atom stereocenters. The molecule has 1 aromatic heterocycles. The summed E-state index contributed by atoms with van der Waals surface area (Å²) >= 11 is 0. The molecule has 1 N–H and O–H groups in total. The topological polar surface area (TPSA) is 88.3 Å². The highest BCUT2D eigenvalue weighted by Gasteiger charge is 2.40. The lowest BCUT2D eigenvalue weighted by Crippen LogP contribution is -2.48. The number of aliphatic carboxylic acids is 1. The first-order valence-corrected chi connectivity index (χ1v) is 8.23. The van der Waals surface area contributed by atoms with Crippen LogP contribution in [-0.2, 0) is 11.0 Å². The molecule has 1 aliphatic heterocycles. The summed E-state index contributed by atoms with van der Waals surface area (Å²) in [6.07, 6.45) is -2.26. The molecule has 2 aromatic rings. The molecule has 1 aliphatic rings. The van der Waals surface area contributed by atoms with Gasteiger partial charge in [0.15, 0.2) is 5.69 Å². The maximum Gasteiger partial charge on any atom is 0.416 e. The van der Waals surface area contributed by atoms with Crippen LogP contribution in [0.2, 0.25) is 0 Å². The van der Waals surface area contributed by atoms with E-state index in [0.717, 1.165) is 16.8 Å². The van der Waals surface area contributed by atoms with Crippen molar-refractivity contribution in [2.45, 2.75) is 25.9 Å². The molecule has 2 heterocycles. The fourth-order valence-electron chi connectivity index (χ4n) is 3.06. The SMILES string of the molecule is CC1(C(=O)O)CCCN(C(=O)c2cn(-c3cccc(C(F)(F)F)c3)nn2)C1. The highest BCUT2D eigenvalue weighted by molar-refractivity contribution is 5.92. The summed E-state index contributed by atoms with van der Waals surface area (Å²) in [5, 5.41) is 16.8. The largest absolute Gasteiger partial charge is 0.481 e. The Bertz CT molecular complexity index is 880. The average molecular weight is 382 g/mol. The summed E-state index contributed by atoms with van der Waals surface area (Å²) in [6, 6.07) is 4.50. The number of halogens is 3. The zero-order chi connectivity index (χ0) is 19.8. The molecule has 1 fully saturated rings. The number of alkyl halides is 3. The van der Waals surface area contributed by atoms with Crippen LogP contribution in [0, 0.1) is 5.41 Å². The molecule has 0 aliphatic carbocycles. The van der Waals surface area contributed by atoms with Crippen molar-refractivity contribution in [1.29, 1.82) is 0 Å². The van der Waals surface area contributed by atoms with Crippen LogP contribution in [0.25, 0.3) is 5.69 Å². The molecule has 0 radical (unpaired) electrons. The summed E-state index contributed by atoms with van der Waals surface area (Å²) in [4.78, 5) is 25.4. The number of carboxylic acid groups (broad SMARTS) is 1. The summed E-state index contributed by atoms with van der Waals surface area (Å²) in [7, 11) is 0. The quantitative estimate of drug-likeness (QED) is 0.882. The maximum absolute atomic E-state index is 12.8. The number of carbonyl (C=O) groups excluding carboxylic acids is 1. The van der Waals surface area contributed by atoms with E-state index in [4.69, 9.17) is 0 Å². The van der Waals surface area contributed by atoms with Gasteiger partial charge in [-0.15, -0.1) is 5.10 Å². The van der Waals surface area contributed by atoms with Crippen molar-refractivity contribution in [1.82, 2.24) is 19.9 Å².